The van der Waals surface area contributed by atoms with Crippen molar-refractivity contribution in [2.75, 3.05) is 13.1 Å². The number of nitrogens with zero attached hydrogens (tertiary/aromatic N) is 1. The summed E-state index contributed by atoms with van der Waals surface area (Å²) in [4.78, 5) is 11.8. The summed E-state index contributed by atoms with van der Waals surface area (Å²) < 4.78 is 24.6. The quantitative estimate of drug-likeness (QED) is 0.655. The summed E-state index contributed by atoms with van der Waals surface area (Å²) in [6, 6.07) is 0. The highest BCUT2D eigenvalue weighted by atomic mass is 35.5. The highest BCUT2D eigenvalue weighted by Crippen LogP contribution is 2.23. The lowest BCUT2D eigenvalue weighted by Crippen LogP contribution is -2.47. The van der Waals surface area contributed by atoms with E-state index < -0.39 is 17.4 Å². The number of β-amino-alcohol motifs (C(OH)–C–C–N with tert-alkyl or cyclic N) is 1. The van der Waals surface area contributed by atoms with E-state index in [1.165, 1.54) is 0 Å². The molecule has 1 amide bonds. The van der Waals surface area contributed by atoms with Crippen molar-refractivity contribution in [3.8, 4) is 0 Å². The first-order chi connectivity index (χ1) is 5.91. The number of alkyl halides is 3. The molecule has 76 valence electrons. The summed E-state index contributed by atoms with van der Waals surface area (Å²) in [7, 11) is 0. The number of hydrogen-bond acceptors (Lipinski definition) is 2. The van der Waals surface area contributed by atoms with Crippen LogP contribution in [0.4, 0.5) is 8.78 Å². The molecule has 1 atom stereocenters. The number of likely N-dealkylation sites (tertiary alicyclic amines) is 1. The largest absolute Gasteiger partial charge is 0.399 e. The van der Waals surface area contributed by atoms with Gasteiger partial charge in [0.2, 0.25) is 0 Å². The van der Waals surface area contributed by atoms with Crippen molar-refractivity contribution >= 4 is 17.5 Å². The van der Waals surface area contributed by atoms with Gasteiger partial charge in [0, 0.05) is 13.1 Å². The van der Waals surface area contributed by atoms with Crippen LogP contribution in [-0.2, 0) is 4.79 Å². The minimum absolute atomic E-state index is 0.0544. The number of hydrogen-bond donors (Lipinski definition) is 1. The van der Waals surface area contributed by atoms with Gasteiger partial charge in [0.1, 0.15) is 0 Å². The SMILES string of the molecule is O=C(N1CCC[C@H](O)C1)C(F)(F)Cl. The Labute approximate surface area is 79.3 Å². The monoisotopic (exact) mass is 213 g/mol. The molecule has 0 spiro atoms. The zero-order valence-corrected chi connectivity index (χ0v) is 7.60. The lowest BCUT2D eigenvalue weighted by molar-refractivity contribution is -0.150. The Kier molecular flexibility index (Phi) is 3.08. The summed E-state index contributed by atoms with van der Waals surface area (Å²) in [5.74, 6) is -1.42. The molecule has 1 rings (SSSR count). The molecule has 0 unspecified atom stereocenters. The maximum Gasteiger partial charge on any atom is 0.399 e. The molecule has 1 fully saturated rings. The number of piperidine rings is 1. The van der Waals surface area contributed by atoms with Gasteiger partial charge in [0.05, 0.1) is 6.10 Å². The van der Waals surface area contributed by atoms with E-state index in [1.807, 2.05) is 0 Å². The number of aliphatic hydroxyl groups excluding tert-OH is 1. The van der Waals surface area contributed by atoms with Gasteiger partial charge < -0.3 is 10.0 Å². The highest BCUT2D eigenvalue weighted by Gasteiger charge is 2.40. The Morgan fingerprint density at radius 1 is 1.62 bits per heavy atom. The fourth-order valence-corrected chi connectivity index (χ4v) is 1.44. The van der Waals surface area contributed by atoms with Crippen molar-refractivity contribution in [2.45, 2.75) is 24.3 Å². The van der Waals surface area contributed by atoms with Gasteiger partial charge in [-0.05, 0) is 24.4 Å². The Balaban J connectivity index is 2.56. The fourth-order valence-electron chi connectivity index (χ4n) is 1.32. The molecule has 1 aliphatic heterocycles. The van der Waals surface area contributed by atoms with Crippen LogP contribution < -0.4 is 0 Å². The number of carbonyl (C=O) groups is 1. The first kappa shape index (κ1) is 10.7. The average Bonchev–Trinajstić information content (AvgIpc) is 2.01. The van der Waals surface area contributed by atoms with Crippen molar-refractivity contribution in [1.29, 1.82) is 0 Å². The van der Waals surface area contributed by atoms with Gasteiger partial charge in [0.15, 0.2) is 0 Å². The Bertz CT molecular complexity index is 207. The third-order valence-electron chi connectivity index (χ3n) is 1.93. The molecule has 0 aromatic heterocycles. The summed E-state index contributed by atoms with van der Waals surface area (Å²) in [5, 5.41) is 5.26. The first-order valence-corrected chi connectivity index (χ1v) is 4.33. The topological polar surface area (TPSA) is 40.5 Å². The predicted molar refractivity (Wildman–Crippen MR) is 42.6 cm³/mol. The molecule has 0 aromatic carbocycles. The third kappa shape index (κ3) is 2.77. The number of amides is 1. The molecule has 1 aliphatic rings. The Hall–Kier alpha value is -0.420. The van der Waals surface area contributed by atoms with Crippen LogP contribution in [0.25, 0.3) is 0 Å². The molecule has 0 radical (unpaired) electrons. The molecule has 3 nitrogen and oxygen atoms in total. The summed E-state index contributed by atoms with van der Waals surface area (Å²) in [6.45, 7) is 0.180. The maximum atomic E-state index is 12.3. The van der Waals surface area contributed by atoms with Crippen molar-refractivity contribution in [2.24, 2.45) is 0 Å². The summed E-state index contributed by atoms with van der Waals surface area (Å²) >= 11 is 4.56. The van der Waals surface area contributed by atoms with Crippen LogP contribution in [0.15, 0.2) is 0 Å². The molecule has 0 bridgehead atoms. The second-order valence-electron chi connectivity index (χ2n) is 3.04. The van der Waals surface area contributed by atoms with Crippen molar-refractivity contribution in [1.82, 2.24) is 4.90 Å². The standard InChI is InChI=1S/C7H10ClF2NO2/c8-7(9,10)6(13)11-3-1-2-5(12)4-11/h5,12H,1-4H2/t5-/m0/s1. The molecular weight excluding hydrogens is 204 g/mol. The lowest BCUT2D eigenvalue weighted by Gasteiger charge is -2.30. The lowest BCUT2D eigenvalue weighted by atomic mass is 10.1. The predicted octanol–water partition coefficient (Wildman–Crippen LogP) is 0.801. The van der Waals surface area contributed by atoms with Gasteiger partial charge in [-0.2, -0.15) is 8.78 Å². The minimum Gasteiger partial charge on any atom is -0.391 e. The Morgan fingerprint density at radius 2 is 2.23 bits per heavy atom. The van der Waals surface area contributed by atoms with Crippen molar-refractivity contribution in [3.05, 3.63) is 0 Å². The number of halogens is 3. The van der Waals surface area contributed by atoms with E-state index in [2.05, 4.69) is 11.6 Å². The zero-order valence-electron chi connectivity index (χ0n) is 6.84. The van der Waals surface area contributed by atoms with Crippen LogP contribution in [0.2, 0.25) is 0 Å². The van der Waals surface area contributed by atoms with Gasteiger partial charge in [-0.1, -0.05) is 0 Å². The summed E-state index contributed by atoms with van der Waals surface area (Å²) in [6.07, 6.45) is 0.356. The number of carbonyl (C=O) groups excluding carboxylic acids is 1. The molecule has 1 saturated heterocycles. The van der Waals surface area contributed by atoms with Crippen LogP contribution in [0, 0.1) is 0 Å². The first-order valence-electron chi connectivity index (χ1n) is 3.95. The molecule has 0 saturated carbocycles. The van der Waals surface area contributed by atoms with E-state index in [0.29, 0.717) is 12.8 Å². The van der Waals surface area contributed by atoms with Crippen molar-refractivity contribution in [3.63, 3.8) is 0 Å². The molecule has 0 aliphatic carbocycles. The van der Waals surface area contributed by atoms with Gasteiger partial charge in [-0.3, -0.25) is 4.79 Å². The summed E-state index contributed by atoms with van der Waals surface area (Å²) in [5.41, 5.74) is 0. The van der Waals surface area contributed by atoms with Crippen molar-refractivity contribution < 1.29 is 18.7 Å². The van der Waals surface area contributed by atoms with Crippen LogP contribution in [0.3, 0.4) is 0 Å². The van der Waals surface area contributed by atoms with Crippen LogP contribution in [0.5, 0.6) is 0 Å². The molecular formula is C7H10ClF2NO2. The van der Waals surface area contributed by atoms with Gasteiger partial charge in [0.25, 0.3) is 0 Å². The van der Waals surface area contributed by atoms with Gasteiger partial charge in [-0.25, -0.2) is 0 Å². The van der Waals surface area contributed by atoms with E-state index >= 15 is 0 Å². The molecule has 6 heteroatoms. The average molecular weight is 214 g/mol. The number of rotatable bonds is 1. The molecule has 0 aromatic rings. The van der Waals surface area contributed by atoms with E-state index in [9.17, 15) is 13.6 Å². The fraction of sp³-hybridized carbons (Fsp3) is 0.857. The Morgan fingerprint density at radius 3 is 2.69 bits per heavy atom. The second kappa shape index (κ2) is 3.75. The molecule has 1 heterocycles. The van der Waals surface area contributed by atoms with E-state index in [-0.39, 0.29) is 13.1 Å². The zero-order chi connectivity index (χ0) is 10.1. The van der Waals surface area contributed by atoms with Gasteiger partial charge in [-0.15, -0.1) is 0 Å². The van der Waals surface area contributed by atoms with E-state index in [1.54, 1.807) is 0 Å². The van der Waals surface area contributed by atoms with E-state index in [4.69, 9.17) is 5.11 Å². The molecule has 13 heavy (non-hydrogen) atoms. The van der Waals surface area contributed by atoms with E-state index in [0.717, 1.165) is 4.90 Å². The smallest absolute Gasteiger partial charge is 0.391 e. The van der Waals surface area contributed by atoms with Crippen LogP contribution in [-0.4, -0.2) is 40.5 Å². The third-order valence-corrected chi connectivity index (χ3v) is 2.09. The molecule has 1 N–H and O–H groups in total. The minimum atomic E-state index is -3.85. The second-order valence-corrected chi connectivity index (χ2v) is 3.52. The maximum absolute atomic E-state index is 12.3. The van der Waals surface area contributed by atoms with Crippen LogP contribution in [0.1, 0.15) is 12.8 Å². The normalized spacial score (nSPS) is 24.6. The number of aliphatic hydroxyl groups is 1. The van der Waals surface area contributed by atoms with Gasteiger partial charge >= 0.3 is 11.3 Å². The highest BCUT2D eigenvalue weighted by molar-refractivity contribution is 6.32. The van der Waals surface area contributed by atoms with Crippen LogP contribution >= 0.6 is 11.6 Å².